The number of hydrogen-bond acceptors (Lipinski definition) is 1. The van der Waals surface area contributed by atoms with Crippen molar-refractivity contribution < 1.29 is 5.11 Å². The summed E-state index contributed by atoms with van der Waals surface area (Å²) < 4.78 is 0. The topological polar surface area (TPSA) is 20.2 Å². The predicted molar refractivity (Wildman–Crippen MR) is 62.9 cm³/mol. The van der Waals surface area contributed by atoms with Gasteiger partial charge in [-0.3, -0.25) is 0 Å². The molecule has 0 bridgehead atoms. The molecule has 1 aromatic carbocycles. The van der Waals surface area contributed by atoms with Crippen molar-refractivity contribution in [2.24, 2.45) is 5.92 Å². The second-order valence-corrected chi connectivity index (χ2v) is 5.09. The van der Waals surface area contributed by atoms with Crippen LogP contribution >= 0.6 is 0 Å². The standard InChI is InChI=1S/C14H20O/c1-10(2)14(15)8-4-5-12-7-6-11(3)9-13(12)14/h6-7,9-10,15H,4-5,8H2,1-3H3. The molecular weight excluding hydrogens is 184 g/mol. The molecule has 15 heavy (non-hydrogen) atoms. The fourth-order valence-electron chi connectivity index (χ4n) is 2.59. The van der Waals surface area contributed by atoms with Gasteiger partial charge >= 0.3 is 0 Å². The van der Waals surface area contributed by atoms with Crippen LogP contribution in [0.1, 0.15) is 43.4 Å². The van der Waals surface area contributed by atoms with E-state index in [-0.39, 0.29) is 0 Å². The van der Waals surface area contributed by atoms with E-state index in [1.165, 1.54) is 16.7 Å². The molecule has 0 saturated heterocycles. The monoisotopic (exact) mass is 204 g/mol. The molecule has 1 N–H and O–H groups in total. The zero-order valence-electron chi connectivity index (χ0n) is 9.88. The lowest BCUT2D eigenvalue weighted by atomic mass is 9.72. The fourth-order valence-corrected chi connectivity index (χ4v) is 2.59. The minimum Gasteiger partial charge on any atom is -0.385 e. The third-order valence-electron chi connectivity index (χ3n) is 3.69. The highest BCUT2D eigenvalue weighted by atomic mass is 16.3. The predicted octanol–water partition coefficient (Wildman–Crippen LogP) is 3.17. The largest absolute Gasteiger partial charge is 0.385 e. The molecule has 1 aliphatic carbocycles. The van der Waals surface area contributed by atoms with E-state index in [2.05, 4.69) is 39.0 Å². The molecule has 0 radical (unpaired) electrons. The highest BCUT2D eigenvalue weighted by Gasteiger charge is 2.36. The molecule has 1 aliphatic rings. The molecule has 1 nitrogen and oxygen atoms in total. The van der Waals surface area contributed by atoms with Crippen molar-refractivity contribution in [3.05, 3.63) is 34.9 Å². The lowest BCUT2D eigenvalue weighted by Gasteiger charge is -2.38. The van der Waals surface area contributed by atoms with Gasteiger partial charge in [-0.25, -0.2) is 0 Å². The van der Waals surface area contributed by atoms with E-state index < -0.39 is 5.60 Å². The maximum absolute atomic E-state index is 10.7. The first-order valence-corrected chi connectivity index (χ1v) is 5.86. The minimum atomic E-state index is -0.598. The van der Waals surface area contributed by atoms with Crippen LogP contribution in [0.15, 0.2) is 18.2 Å². The Hall–Kier alpha value is -0.820. The average Bonchev–Trinajstić information content (AvgIpc) is 2.19. The summed E-state index contributed by atoms with van der Waals surface area (Å²) in [5, 5.41) is 10.7. The maximum Gasteiger partial charge on any atom is 0.0922 e. The Morgan fingerprint density at radius 1 is 1.33 bits per heavy atom. The van der Waals surface area contributed by atoms with E-state index in [1.807, 2.05) is 0 Å². The van der Waals surface area contributed by atoms with Gasteiger partial charge in [-0.1, -0.05) is 37.6 Å². The molecule has 0 heterocycles. The summed E-state index contributed by atoms with van der Waals surface area (Å²) in [6, 6.07) is 6.48. The van der Waals surface area contributed by atoms with Gasteiger partial charge in [0.1, 0.15) is 0 Å². The van der Waals surface area contributed by atoms with Crippen molar-refractivity contribution in [1.82, 2.24) is 0 Å². The summed E-state index contributed by atoms with van der Waals surface area (Å²) in [6.45, 7) is 6.31. The number of rotatable bonds is 1. The van der Waals surface area contributed by atoms with E-state index in [9.17, 15) is 5.11 Å². The molecule has 1 unspecified atom stereocenters. The summed E-state index contributed by atoms with van der Waals surface area (Å²) in [5.41, 5.74) is 3.15. The lowest BCUT2D eigenvalue weighted by Crippen LogP contribution is -2.35. The van der Waals surface area contributed by atoms with Crippen LogP contribution in [0, 0.1) is 12.8 Å². The van der Waals surface area contributed by atoms with Crippen LogP contribution in [0.2, 0.25) is 0 Å². The van der Waals surface area contributed by atoms with E-state index in [0.29, 0.717) is 5.92 Å². The summed E-state index contributed by atoms with van der Waals surface area (Å²) in [5.74, 6) is 0.290. The molecule has 0 aromatic heterocycles. The average molecular weight is 204 g/mol. The first kappa shape index (κ1) is 10.7. The molecule has 82 valence electrons. The molecule has 0 aliphatic heterocycles. The van der Waals surface area contributed by atoms with E-state index in [1.54, 1.807) is 0 Å². The van der Waals surface area contributed by atoms with Gasteiger partial charge in [0.25, 0.3) is 0 Å². The van der Waals surface area contributed by atoms with Crippen LogP contribution in [0.25, 0.3) is 0 Å². The van der Waals surface area contributed by atoms with Crippen LogP contribution in [0.4, 0.5) is 0 Å². The Morgan fingerprint density at radius 2 is 2.07 bits per heavy atom. The van der Waals surface area contributed by atoms with Gasteiger partial charge in [0.2, 0.25) is 0 Å². The van der Waals surface area contributed by atoms with Crippen molar-refractivity contribution in [3.8, 4) is 0 Å². The Balaban J connectivity index is 2.54. The zero-order chi connectivity index (χ0) is 11.1. The molecule has 1 atom stereocenters. The Kier molecular flexibility index (Phi) is 2.59. The lowest BCUT2D eigenvalue weighted by molar-refractivity contribution is -0.0260. The van der Waals surface area contributed by atoms with Gasteiger partial charge in [-0.05, 0) is 43.2 Å². The summed E-state index contributed by atoms with van der Waals surface area (Å²) >= 11 is 0. The SMILES string of the molecule is Cc1ccc2c(c1)C(O)(C(C)C)CCC2. The molecule has 1 aromatic rings. The van der Waals surface area contributed by atoms with Gasteiger partial charge in [0, 0.05) is 0 Å². The number of hydrogen-bond donors (Lipinski definition) is 1. The fraction of sp³-hybridized carbons (Fsp3) is 0.571. The van der Waals surface area contributed by atoms with Crippen LogP contribution in [-0.2, 0) is 12.0 Å². The van der Waals surface area contributed by atoms with Crippen molar-refractivity contribution in [3.63, 3.8) is 0 Å². The number of aliphatic hydroxyl groups is 1. The van der Waals surface area contributed by atoms with E-state index in [4.69, 9.17) is 0 Å². The van der Waals surface area contributed by atoms with Crippen molar-refractivity contribution in [2.45, 2.75) is 45.6 Å². The maximum atomic E-state index is 10.7. The zero-order valence-corrected chi connectivity index (χ0v) is 9.88. The first-order valence-electron chi connectivity index (χ1n) is 5.86. The molecule has 1 heteroatoms. The Labute approximate surface area is 92.1 Å². The first-order chi connectivity index (χ1) is 7.04. The number of aryl methyl sites for hydroxylation is 2. The van der Waals surface area contributed by atoms with Crippen molar-refractivity contribution in [2.75, 3.05) is 0 Å². The number of benzene rings is 1. The Morgan fingerprint density at radius 3 is 2.73 bits per heavy atom. The summed E-state index contributed by atoms with van der Waals surface area (Å²) in [7, 11) is 0. The highest BCUT2D eigenvalue weighted by Crippen LogP contribution is 2.40. The van der Waals surface area contributed by atoms with Gasteiger partial charge in [-0.15, -0.1) is 0 Å². The third-order valence-corrected chi connectivity index (χ3v) is 3.69. The van der Waals surface area contributed by atoms with E-state index >= 15 is 0 Å². The smallest absolute Gasteiger partial charge is 0.0922 e. The summed E-state index contributed by atoms with van der Waals surface area (Å²) in [6.07, 6.45) is 3.12. The van der Waals surface area contributed by atoms with Crippen LogP contribution in [-0.4, -0.2) is 5.11 Å². The second-order valence-electron chi connectivity index (χ2n) is 5.09. The normalized spacial score (nSPS) is 25.4. The highest BCUT2D eigenvalue weighted by molar-refractivity contribution is 5.38. The molecular formula is C14H20O. The van der Waals surface area contributed by atoms with E-state index in [0.717, 1.165) is 19.3 Å². The van der Waals surface area contributed by atoms with Crippen LogP contribution in [0.5, 0.6) is 0 Å². The summed E-state index contributed by atoms with van der Waals surface area (Å²) in [4.78, 5) is 0. The van der Waals surface area contributed by atoms with Crippen LogP contribution in [0.3, 0.4) is 0 Å². The third kappa shape index (κ3) is 1.69. The van der Waals surface area contributed by atoms with Gasteiger partial charge in [0.05, 0.1) is 5.60 Å². The molecule has 0 fully saturated rings. The molecule has 0 spiro atoms. The quantitative estimate of drug-likeness (QED) is 0.745. The van der Waals surface area contributed by atoms with Crippen LogP contribution < -0.4 is 0 Å². The molecule has 0 saturated carbocycles. The van der Waals surface area contributed by atoms with Gasteiger partial charge in [0.15, 0.2) is 0 Å². The van der Waals surface area contributed by atoms with Gasteiger partial charge < -0.3 is 5.11 Å². The molecule has 0 amide bonds. The number of fused-ring (bicyclic) bond motifs is 1. The van der Waals surface area contributed by atoms with Crippen molar-refractivity contribution in [1.29, 1.82) is 0 Å². The van der Waals surface area contributed by atoms with Gasteiger partial charge in [-0.2, -0.15) is 0 Å². The second kappa shape index (κ2) is 3.64. The minimum absolute atomic E-state index is 0.290. The Bertz CT molecular complexity index is 368. The van der Waals surface area contributed by atoms with Crippen molar-refractivity contribution >= 4 is 0 Å². The molecule has 2 rings (SSSR count).